The Morgan fingerprint density at radius 1 is 1.30 bits per heavy atom. The van der Waals surface area contributed by atoms with Crippen LogP contribution in [0, 0.1) is 6.92 Å². The van der Waals surface area contributed by atoms with Crippen molar-refractivity contribution >= 4 is 11.7 Å². The molecular formula is C16H21N3O4. The zero-order valence-electron chi connectivity index (χ0n) is 13.8. The van der Waals surface area contributed by atoms with E-state index in [9.17, 15) is 4.79 Å². The molecule has 2 heterocycles. The zero-order chi connectivity index (χ0) is 16.9. The number of anilines is 1. The highest BCUT2D eigenvalue weighted by molar-refractivity contribution is 6.03. The van der Waals surface area contributed by atoms with Crippen molar-refractivity contribution < 1.29 is 18.8 Å². The molecule has 2 rings (SSSR count). The van der Waals surface area contributed by atoms with Gasteiger partial charge >= 0.3 is 0 Å². The Hall–Kier alpha value is -2.41. The Kier molecular flexibility index (Phi) is 5.33. The van der Waals surface area contributed by atoms with Crippen LogP contribution < -0.4 is 10.1 Å². The number of hydrogen-bond donors (Lipinski definition) is 1. The smallest absolute Gasteiger partial charge is 0.258 e. The van der Waals surface area contributed by atoms with Gasteiger partial charge in [0.25, 0.3) is 5.91 Å². The molecule has 1 amide bonds. The molecule has 2 aromatic heterocycles. The predicted molar refractivity (Wildman–Crippen MR) is 84.6 cm³/mol. The van der Waals surface area contributed by atoms with Crippen molar-refractivity contribution in [3.05, 3.63) is 35.7 Å². The van der Waals surface area contributed by atoms with Crippen molar-refractivity contribution in [1.82, 2.24) is 10.1 Å². The van der Waals surface area contributed by atoms with Gasteiger partial charge in [-0.3, -0.25) is 4.79 Å². The van der Waals surface area contributed by atoms with Gasteiger partial charge in [-0.05, 0) is 33.8 Å². The number of amides is 1. The molecule has 0 aliphatic carbocycles. The molecule has 0 saturated heterocycles. The van der Waals surface area contributed by atoms with Crippen LogP contribution in [0.3, 0.4) is 0 Å². The summed E-state index contributed by atoms with van der Waals surface area (Å²) < 4.78 is 15.9. The standard InChI is InChI=1S/C16H21N3O4/c1-11-9-13(19-23-11)18-15(20)12-5-6-14(17-10-12)21-7-8-22-16(2,3)4/h5-6,9-10H,7-8H2,1-4H3,(H,18,19,20). The van der Waals surface area contributed by atoms with E-state index in [0.29, 0.717) is 36.2 Å². The number of carbonyl (C=O) groups is 1. The summed E-state index contributed by atoms with van der Waals surface area (Å²) in [5, 5.41) is 6.33. The molecule has 0 bridgehead atoms. The van der Waals surface area contributed by atoms with Gasteiger partial charge in [-0.25, -0.2) is 4.98 Å². The molecule has 23 heavy (non-hydrogen) atoms. The van der Waals surface area contributed by atoms with Crippen LogP contribution in [0.1, 0.15) is 36.9 Å². The number of carbonyl (C=O) groups excluding carboxylic acids is 1. The van der Waals surface area contributed by atoms with E-state index in [1.165, 1.54) is 6.20 Å². The van der Waals surface area contributed by atoms with Crippen LogP contribution in [0.25, 0.3) is 0 Å². The van der Waals surface area contributed by atoms with Gasteiger partial charge in [0.2, 0.25) is 5.88 Å². The van der Waals surface area contributed by atoms with Crippen molar-refractivity contribution in [3.8, 4) is 5.88 Å². The van der Waals surface area contributed by atoms with Gasteiger partial charge in [-0.2, -0.15) is 0 Å². The second-order valence-corrected chi connectivity index (χ2v) is 5.97. The van der Waals surface area contributed by atoms with E-state index in [-0.39, 0.29) is 11.5 Å². The van der Waals surface area contributed by atoms with Crippen LogP contribution in [0.15, 0.2) is 28.9 Å². The molecule has 0 unspecified atom stereocenters. The summed E-state index contributed by atoms with van der Waals surface area (Å²) in [5.74, 6) is 1.12. The number of ether oxygens (including phenoxy) is 2. The molecule has 7 nitrogen and oxygen atoms in total. The molecule has 0 aromatic carbocycles. The maximum absolute atomic E-state index is 12.0. The summed E-state index contributed by atoms with van der Waals surface area (Å²) in [6.45, 7) is 8.56. The van der Waals surface area contributed by atoms with Crippen molar-refractivity contribution in [3.63, 3.8) is 0 Å². The van der Waals surface area contributed by atoms with E-state index in [2.05, 4.69) is 15.5 Å². The normalized spacial score (nSPS) is 11.3. The quantitative estimate of drug-likeness (QED) is 0.824. The lowest BCUT2D eigenvalue weighted by atomic mass is 10.2. The first-order valence-corrected chi connectivity index (χ1v) is 7.31. The minimum atomic E-state index is -0.312. The third kappa shape index (κ3) is 5.71. The first-order valence-electron chi connectivity index (χ1n) is 7.31. The molecule has 0 atom stereocenters. The molecule has 0 saturated carbocycles. The summed E-state index contributed by atoms with van der Waals surface area (Å²) >= 11 is 0. The highest BCUT2D eigenvalue weighted by atomic mass is 16.5. The van der Waals surface area contributed by atoms with Crippen LogP contribution in [0.2, 0.25) is 0 Å². The number of pyridine rings is 1. The average molecular weight is 319 g/mol. The second-order valence-electron chi connectivity index (χ2n) is 5.97. The molecule has 0 aliphatic rings. The third-order valence-corrected chi connectivity index (χ3v) is 2.74. The Morgan fingerprint density at radius 2 is 2.09 bits per heavy atom. The van der Waals surface area contributed by atoms with Gasteiger partial charge in [0, 0.05) is 18.3 Å². The number of nitrogens with one attached hydrogen (secondary N) is 1. The summed E-state index contributed by atoms with van der Waals surface area (Å²) in [5.41, 5.74) is 0.210. The van der Waals surface area contributed by atoms with E-state index in [0.717, 1.165) is 0 Å². The first kappa shape index (κ1) is 17.0. The van der Waals surface area contributed by atoms with E-state index < -0.39 is 0 Å². The Bertz CT molecular complexity index is 644. The molecule has 0 spiro atoms. The van der Waals surface area contributed by atoms with Gasteiger partial charge in [-0.15, -0.1) is 0 Å². The summed E-state index contributed by atoms with van der Waals surface area (Å²) in [6, 6.07) is 4.91. The number of hydrogen-bond acceptors (Lipinski definition) is 6. The second kappa shape index (κ2) is 7.23. The molecule has 7 heteroatoms. The monoisotopic (exact) mass is 319 g/mol. The lowest BCUT2D eigenvalue weighted by molar-refractivity contribution is -0.0168. The van der Waals surface area contributed by atoms with Crippen LogP contribution in [-0.2, 0) is 4.74 Å². The minimum absolute atomic E-state index is 0.196. The Labute approximate surface area is 135 Å². The Balaban J connectivity index is 1.83. The minimum Gasteiger partial charge on any atom is -0.475 e. The largest absolute Gasteiger partial charge is 0.475 e. The summed E-state index contributed by atoms with van der Waals surface area (Å²) in [4.78, 5) is 16.1. The lowest BCUT2D eigenvalue weighted by Crippen LogP contribution is -2.22. The van der Waals surface area contributed by atoms with Gasteiger partial charge in [0.15, 0.2) is 5.82 Å². The van der Waals surface area contributed by atoms with Gasteiger partial charge in [0.05, 0.1) is 17.8 Å². The first-order chi connectivity index (χ1) is 10.8. The van der Waals surface area contributed by atoms with Crippen molar-refractivity contribution in [1.29, 1.82) is 0 Å². The van der Waals surface area contributed by atoms with E-state index in [4.69, 9.17) is 14.0 Å². The number of aryl methyl sites for hydroxylation is 1. The predicted octanol–water partition coefficient (Wildman–Crippen LogP) is 2.82. The molecule has 1 N–H and O–H groups in total. The number of aromatic nitrogens is 2. The number of nitrogens with zero attached hydrogens (tertiary/aromatic N) is 2. The Morgan fingerprint density at radius 3 is 2.65 bits per heavy atom. The SMILES string of the molecule is Cc1cc(NC(=O)c2ccc(OCCOC(C)(C)C)nc2)no1. The zero-order valence-corrected chi connectivity index (χ0v) is 13.8. The number of rotatable bonds is 6. The summed E-state index contributed by atoms with van der Waals surface area (Å²) in [6.07, 6.45) is 1.45. The van der Waals surface area contributed by atoms with Gasteiger partial charge in [-0.1, -0.05) is 5.16 Å². The molecule has 0 fully saturated rings. The van der Waals surface area contributed by atoms with Crippen LogP contribution in [-0.4, -0.2) is 34.9 Å². The maximum atomic E-state index is 12.0. The molecule has 0 aliphatic heterocycles. The van der Waals surface area contributed by atoms with Crippen molar-refractivity contribution in [2.75, 3.05) is 18.5 Å². The van der Waals surface area contributed by atoms with E-state index >= 15 is 0 Å². The fourth-order valence-electron chi connectivity index (χ4n) is 1.71. The third-order valence-electron chi connectivity index (χ3n) is 2.74. The molecular weight excluding hydrogens is 298 g/mol. The molecule has 124 valence electrons. The van der Waals surface area contributed by atoms with Crippen molar-refractivity contribution in [2.24, 2.45) is 0 Å². The lowest BCUT2D eigenvalue weighted by Gasteiger charge is -2.19. The fourth-order valence-corrected chi connectivity index (χ4v) is 1.71. The fraction of sp³-hybridized carbons (Fsp3) is 0.438. The van der Waals surface area contributed by atoms with Crippen LogP contribution in [0.4, 0.5) is 5.82 Å². The molecule has 2 aromatic rings. The van der Waals surface area contributed by atoms with Crippen LogP contribution in [0.5, 0.6) is 5.88 Å². The maximum Gasteiger partial charge on any atom is 0.258 e. The summed E-state index contributed by atoms with van der Waals surface area (Å²) in [7, 11) is 0. The van der Waals surface area contributed by atoms with E-state index in [1.54, 1.807) is 25.1 Å². The highest BCUT2D eigenvalue weighted by Gasteiger charge is 2.11. The average Bonchev–Trinajstić information content (AvgIpc) is 2.88. The highest BCUT2D eigenvalue weighted by Crippen LogP contribution is 2.12. The molecule has 0 radical (unpaired) electrons. The van der Waals surface area contributed by atoms with Crippen LogP contribution >= 0.6 is 0 Å². The van der Waals surface area contributed by atoms with Crippen molar-refractivity contribution in [2.45, 2.75) is 33.3 Å². The van der Waals surface area contributed by atoms with Gasteiger partial charge < -0.3 is 19.3 Å². The topological polar surface area (TPSA) is 86.5 Å². The van der Waals surface area contributed by atoms with Gasteiger partial charge in [0.1, 0.15) is 12.4 Å². The van der Waals surface area contributed by atoms with E-state index in [1.807, 2.05) is 20.8 Å².